The molecule has 0 spiro atoms. The van der Waals surface area contributed by atoms with Gasteiger partial charge in [0.05, 0.1) is 5.38 Å². The summed E-state index contributed by atoms with van der Waals surface area (Å²) in [5.74, 6) is 0. The highest BCUT2D eigenvalue weighted by Crippen LogP contribution is 2.20. The van der Waals surface area contributed by atoms with Crippen LogP contribution < -0.4 is 4.57 Å². The molecule has 0 atom stereocenters. The fraction of sp³-hybridized carbons (Fsp3) is 0.727. The van der Waals surface area contributed by atoms with Crippen LogP contribution in [0.3, 0.4) is 0 Å². The molecule has 0 aliphatic rings. The van der Waals surface area contributed by atoms with Crippen molar-refractivity contribution < 1.29 is 4.57 Å². The van der Waals surface area contributed by atoms with Crippen LogP contribution in [0.2, 0.25) is 18.1 Å². The molecule has 1 aromatic heterocycles. The normalized spacial score (nSPS) is 12.0. The summed E-state index contributed by atoms with van der Waals surface area (Å²) < 4.78 is 2.47. The number of aromatic nitrogens is 1. The van der Waals surface area contributed by atoms with Gasteiger partial charge in [0, 0.05) is 6.92 Å². The summed E-state index contributed by atoms with van der Waals surface area (Å²) in [6.45, 7) is 9.35. The average molecular weight is 228 g/mol. The number of nitrogens with zero attached hydrogens (tertiary/aromatic N) is 1. The van der Waals surface area contributed by atoms with E-state index in [4.69, 9.17) is 0 Å². The highest BCUT2D eigenvalue weighted by Gasteiger charge is 2.32. The Balaban J connectivity index is 2.79. The molecule has 1 aromatic rings. The van der Waals surface area contributed by atoms with Gasteiger partial charge in [-0.25, -0.2) is 0 Å². The third-order valence-corrected chi connectivity index (χ3v) is 10.0. The Morgan fingerprint density at radius 1 is 1.21 bits per heavy atom. The minimum absolute atomic E-state index is 0.984. The molecule has 0 amide bonds. The minimum Gasteiger partial charge on any atom is -0.197 e. The Labute approximate surface area is 92.8 Å². The molecule has 14 heavy (non-hydrogen) atoms. The van der Waals surface area contributed by atoms with Crippen molar-refractivity contribution in [1.82, 2.24) is 0 Å². The molecule has 80 valence electrons. The first-order chi connectivity index (χ1) is 6.67. The van der Waals surface area contributed by atoms with Crippen molar-refractivity contribution in [1.29, 1.82) is 0 Å². The zero-order valence-electron chi connectivity index (χ0n) is 9.84. The first kappa shape index (κ1) is 11.9. The second-order valence-electron chi connectivity index (χ2n) is 4.19. The van der Waals surface area contributed by atoms with Crippen molar-refractivity contribution in [2.75, 3.05) is 0 Å². The highest BCUT2D eigenvalue weighted by molar-refractivity contribution is 7.07. The first-order valence-corrected chi connectivity index (χ1v) is 9.36. The summed E-state index contributed by atoms with van der Waals surface area (Å²) in [6, 6.07) is 4.26. The van der Waals surface area contributed by atoms with E-state index in [-0.39, 0.29) is 0 Å². The van der Waals surface area contributed by atoms with Gasteiger partial charge in [0.25, 0.3) is 0 Å². The SMILES string of the molecule is CC[Si](CC)(CC)C[n+]1cscc1C. The third-order valence-electron chi connectivity index (χ3n) is 3.64. The second kappa shape index (κ2) is 5.08. The average Bonchev–Trinajstić information content (AvgIpc) is 2.61. The van der Waals surface area contributed by atoms with Gasteiger partial charge in [0.1, 0.15) is 14.2 Å². The molecule has 1 nitrogen and oxygen atoms in total. The molecule has 0 aromatic carbocycles. The zero-order valence-corrected chi connectivity index (χ0v) is 11.7. The number of thiazole rings is 1. The van der Waals surface area contributed by atoms with E-state index in [0.717, 1.165) is 0 Å². The maximum Gasteiger partial charge on any atom is 0.224 e. The second-order valence-corrected chi connectivity index (χ2v) is 10.3. The van der Waals surface area contributed by atoms with Crippen LogP contribution in [0, 0.1) is 6.92 Å². The highest BCUT2D eigenvalue weighted by atomic mass is 32.1. The largest absolute Gasteiger partial charge is 0.224 e. The standard InChI is InChI=1S/C11H22NSSi/c1-5-14(6-2,7-3)10-12-9-13-8-11(12)4/h8-9H,5-7,10H2,1-4H3/q+1. The molecule has 0 aliphatic carbocycles. The van der Waals surface area contributed by atoms with E-state index in [1.807, 2.05) is 11.3 Å². The quantitative estimate of drug-likeness (QED) is 0.537. The topological polar surface area (TPSA) is 3.88 Å². The predicted octanol–water partition coefficient (Wildman–Crippen LogP) is 3.39. The summed E-state index contributed by atoms with van der Waals surface area (Å²) in [4.78, 5) is 0. The molecular formula is C11H22NSSi+. The Bertz CT molecular complexity index is 270. The van der Waals surface area contributed by atoms with Crippen LogP contribution in [0.25, 0.3) is 0 Å². The van der Waals surface area contributed by atoms with Gasteiger partial charge >= 0.3 is 0 Å². The number of hydrogen-bond acceptors (Lipinski definition) is 1. The van der Waals surface area contributed by atoms with Crippen LogP contribution in [0.1, 0.15) is 26.5 Å². The van der Waals surface area contributed by atoms with Crippen molar-refractivity contribution in [2.24, 2.45) is 0 Å². The molecule has 3 heteroatoms. The fourth-order valence-electron chi connectivity index (χ4n) is 1.96. The molecule has 0 fully saturated rings. The van der Waals surface area contributed by atoms with Crippen molar-refractivity contribution in [3.05, 3.63) is 16.6 Å². The smallest absolute Gasteiger partial charge is 0.197 e. The number of rotatable bonds is 5. The summed E-state index contributed by atoms with van der Waals surface area (Å²) in [6.07, 6.45) is 1.33. The molecule has 0 radical (unpaired) electrons. The maximum atomic E-state index is 2.47. The van der Waals surface area contributed by atoms with Crippen LogP contribution in [0.4, 0.5) is 0 Å². The van der Waals surface area contributed by atoms with Crippen LogP contribution in [0.15, 0.2) is 10.9 Å². The Morgan fingerprint density at radius 3 is 2.14 bits per heavy atom. The van der Waals surface area contributed by atoms with Gasteiger partial charge in [-0.2, -0.15) is 4.57 Å². The maximum absolute atomic E-state index is 2.47. The number of aryl methyl sites for hydroxylation is 1. The van der Waals surface area contributed by atoms with Crippen molar-refractivity contribution in [3.8, 4) is 0 Å². The van der Waals surface area contributed by atoms with E-state index in [2.05, 4.69) is 43.2 Å². The van der Waals surface area contributed by atoms with Crippen molar-refractivity contribution in [3.63, 3.8) is 0 Å². The van der Waals surface area contributed by atoms with Crippen molar-refractivity contribution >= 4 is 19.4 Å². The molecule has 0 unspecified atom stereocenters. The first-order valence-electron chi connectivity index (χ1n) is 5.59. The van der Waals surface area contributed by atoms with E-state index < -0.39 is 8.07 Å². The van der Waals surface area contributed by atoms with E-state index >= 15 is 0 Å². The lowest BCUT2D eigenvalue weighted by atomic mass is 10.6. The molecule has 0 bridgehead atoms. The van der Waals surface area contributed by atoms with Gasteiger partial charge in [-0.05, 0) is 0 Å². The minimum atomic E-state index is -0.984. The summed E-state index contributed by atoms with van der Waals surface area (Å²) in [5, 5.41) is 2.25. The van der Waals surface area contributed by atoms with Crippen LogP contribution in [-0.2, 0) is 6.17 Å². The van der Waals surface area contributed by atoms with E-state index in [9.17, 15) is 0 Å². The Hall–Kier alpha value is -0.153. The van der Waals surface area contributed by atoms with Crippen LogP contribution in [0.5, 0.6) is 0 Å². The van der Waals surface area contributed by atoms with E-state index in [1.165, 1.54) is 30.0 Å². The third kappa shape index (κ3) is 2.45. The van der Waals surface area contributed by atoms with Crippen LogP contribution in [-0.4, -0.2) is 8.07 Å². The summed E-state index contributed by atoms with van der Waals surface area (Å²) in [7, 11) is -0.984. The van der Waals surface area contributed by atoms with E-state index in [1.54, 1.807) is 0 Å². The Morgan fingerprint density at radius 2 is 1.79 bits per heavy atom. The summed E-state index contributed by atoms with van der Waals surface area (Å²) in [5.41, 5.74) is 3.71. The lowest BCUT2D eigenvalue weighted by Gasteiger charge is -2.23. The molecule has 0 saturated carbocycles. The van der Waals surface area contributed by atoms with Gasteiger partial charge in [-0.3, -0.25) is 0 Å². The Kier molecular flexibility index (Phi) is 4.32. The summed E-state index contributed by atoms with van der Waals surface area (Å²) >= 11 is 1.82. The molecule has 0 N–H and O–H groups in total. The van der Waals surface area contributed by atoms with Crippen molar-refractivity contribution in [2.45, 2.75) is 52.0 Å². The lowest BCUT2D eigenvalue weighted by Crippen LogP contribution is -2.50. The van der Waals surface area contributed by atoms with Gasteiger partial charge in [-0.1, -0.05) is 50.2 Å². The lowest BCUT2D eigenvalue weighted by molar-refractivity contribution is -0.682. The molecular weight excluding hydrogens is 206 g/mol. The van der Waals surface area contributed by atoms with Gasteiger partial charge in [0.2, 0.25) is 5.51 Å². The monoisotopic (exact) mass is 228 g/mol. The zero-order chi connectivity index (χ0) is 10.6. The van der Waals surface area contributed by atoms with E-state index in [0.29, 0.717) is 0 Å². The number of hydrogen-bond donors (Lipinski definition) is 0. The molecule has 0 aliphatic heterocycles. The van der Waals surface area contributed by atoms with Gasteiger partial charge in [-0.15, -0.1) is 0 Å². The molecule has 0 saturated heterocycles. The molecule has 1 rings (SSSR count). The fourth-order valence-corrected chi connectivity index (χ4v) is 6.11. The van der Waals surface area contributed by atoms with Gasteiger partial charge < -0.3 is 0 Å². The van der Waals surface area contributed by atoms with Gasteiger partial charge in [0.15, 0.2) is 5.69 Å². The predicted molar refractivity (Wildman–Crippen MR) is 66.4 cm³/mol. The molecule has 1 heterocycles. The van der Waals surface area contributed by atoms with Crippen LogP contribution >= 0.6 is 11.3 Å².